The predicted molar refractivity (Wildman–Crippen MR) is 113 cm³/mol. The molecule has 0 saturated heterocycles. The summed E-state index contributed by atoms with van der Waals surface area (Å²) in [6, 6.07) is 9.88. The average Bonchev–Trinajstić information content (AvgIpc) is 3.36. The van der Waals surface area contributed by atoms with Gasteiger partial charge in [0.1, 0.15) is 5.75 Å². The van der Waals surface area contributed by atoms with E-state index in [0.29, 0.717) is 44.3 Å². The normalized spacial score (nSPS) is 11.8. The zero-order chi connectivity index (χ0) is 21.1. The van der Waals surface area contributed by atoms with E-state index in [9.17, 15) is 9.59 Å². The highest BCUT2D eigenvalue weighted by Crippen LogP contribution is 2.33. The molecule has 0 bridgehead atoms. The molecule has 0 saturated carbocycles. The number of methoxy groups -OCH3 is 1. The van der Waals surface area contributed by atoms with Gasteiger partial charge in [-0.1, -0.05) is 11.6 Å². The van der Waals surface area contributed by atoms with Crippen molar-refractivity contribution < 1.29 is 23.8 Å². The van der Waals surface area contributed by atoms with Crippen LogP contribution in [0.4, 0.5) is 10.8 Å². The number of anilines is 2. The molecule has 1 aromatic heterocycles. The van der Waals surface area contributed by atoms with Crippen LogP contribution < -0.4 is 24.8 Å². The summed E-state index contributed by atoms with van der Waals surface area (Å²) in [6.45, 7) is 0.138. The topological polar surface area (TPSA) is 98.8 Å². The summed E-state index contributed by atoms with van der Waals surface area (Å²) in [5.41, 5.74) is 1.42. The number of hydrogen-bond donors (Lipinski definition) is 2. The Kier molecular flexibility index (Phi) is 5.73. The number of aromatic nitrogens is 1. The van der Waals surface area contributed by atoms with Crippen molar-refractivity contribution in [2.24, 2.45) is 0 Å². The third-order valence-electron chi connectivity index (χ3n) is 4.18. The standard InChI is InChI=1S/C20H16ClN3O5S/c1-27-15-5-3-12(21)7-14(15)23-18(25)8-13-9-30-20(22-13)24-19(26)11-2-4-16-17(6-11)29-10-28-16/h2-7,9H,8,10H2,1H3,(H,23,25)(H,22,24,26). The van der Waals surface area contributed by atoms with Gasteiger partial charge < -0.3 is 19.5 Å². The number of nitrogens with one attached hydrogen (secondary N) is 2. The Morgan fingerprint density at radius 1 is 1.17 bits per heavy atom. The average molecular weight is 446 g/mol. The third kappa shape index (κ3) is 4.47. The maximum absolute atomic E-state index is 12.4. The fourth-order valence-electron chi connectivity index (χ4n) is 2.79. The molecule has 2 N–H and O–H groups in total. The highest BCUT2D eigenvalue weighted by Gasteiger charge is 2.17. The summed E-state index contributed by atoms with van der Waals surface area (Å²) in [4.78, 5) is 29.1. The van der Waals surface area contributed by atoms with E-state index in [-0.39, 0.29) is 25.0 Å². The van der Waals surface area contributed by atoms with Gasteiger partial charge in [0.15, 0.2) is 16.6 Å². The highest BCUT2D eigenvalue weighted by molar-refractivity contribution is 7.14. The van der Waals surface area contributed by atoms with E-state index in [4.69, 9.17) is 25.8 Å². The van der Waals surface area contributed by atoms with Crippen molar-refractivity contribution in [1.29, 1.82) is 0 Å². The lowest BCUT2D eigenvalue weighted by Crippen LogP contribution is -2.15. The number of halogens is 1. The van der Waals surface area contributed by atoms with Gasteiger partial charge in [0.25, 0.3) is 5.91 Å². The molecule has 1 aliphatic rings. The number of thiazole rings is 1. The van der Waals surface area contributed by atoms with Crippen LogP contribution in [0.3, 0.4) is 0 Å². The second-order valence-corrected chi connectivity index (χ2v) is 7.53. The summed E-state index contributed by atoms with van der Waals surface area (Å²) in [5, 5.41) is 8.06. The molecule has 0 spiro atoms. The molecule has 4 rings (SSSR count). The molecule has 8 nitrogen and oxygen atoms in total. The quantitative estimate of drug-likeness (QED) is 0.595. The lowest BCUT2D eigenvalue weighted by Gasteiger charge is -2.10. The molecule has 2 aromatic carbocycles. The Hall–Kier alpha value is -3.30. The first-order valence-corrected chi connectivity index (χ1v) is 10.1. The largest absolute Gasteiger partial charge is 0.495 e. The van der Waals surface area contributed by atoms with E-state index >= 15 is 0 Å². The van der Waals surface area contributed by atoms with Crippen molar-refractivity contribution in [3.8, 4) is 17.2 Å². The molecule has 0 aliphatic carbocycles. The number of fused-ring (bicyclic) bond motifs is 1. The van der Waals surface area contributed by atoms with E-state index in [2.05, 4.69) is 15.6 Å². The summed E-state index contributed by atoms with van der Waals surface area (Å²) >= 11 is 7.21. The first-order valence-electron chi connectivity index (χ1n) is 8.80. The summed E-state index contributed by atoms with van der Waals surface area (Å²) in [7, 11) is 1.51. The number of amides is 2. The van der Waals surface area contributed by atoms with E-state index in [1.807, 2.05) is 0 Å². The maximum Gasteiger partial charge on any atom is 0.257 e. The second-order valence-electron chi connectivity index (χ2n) is 6.24. The Bertz CT molecular complexity index is 1120. The number of carbonyl (C=O) groups excluding carboxylic acids is 2. The van der Waals surface area contributed by atoms with Crippen LogP contribution >= 0.6 is 22.9 Å². The molecule has 1 aliphatic heterocycles. The minimum atomic E-state index is -0.331. The number of benzene rings is 2. The van der Waals surface area contributed by atoms with Crippen molar-refractivity contribution in [1.82, 2.24) is 4.98 Å². The number of carbonyl (C=O) groups is 2. The van der Waals surface area contributed by atoms with Crippen molar-refractivity contribution >= 4 is 45.6 Å². The van der Waals surface area contributed by atoms with Crippen molar-refractivity contribution in [3.63, 3.8) is 0 Å². The number of rotatable bonds is 6. The molecule has 10 heteroatoms. The van der Waals surface area contributed by atoms with Crippen molar-refractivity contribution in [3.05, 3.63) is 58.1 Å². The van der Waals surface area contributed by atoms with Crippen LogP contribution in [0.5, 0.6) is 17.2 Å². The number of hydrogen-bond acceptors (Lipinski definition) is 7. The zero-order valence-corrected chi connectivity index (χ0v) is 17.3. The molecular weight excluding hydrogens is 430 g/mol. The monoisotopic (exact) mass is 445 g/mol. The molecule has 154 valence electrons. The molecular formula is C20H16ClN3O5S. The van der Waals surface area contributed by atoms with Crippen LogP contribution in [0.15, 0.2) is 41.8 Å². The van der Waals surface area contributed by atoms with Gasteiger partial charge in [-0.3, -0.25) is 14.9 Å². The first kappa shape index (κ1) is 20.0. The highest BCUT2D eigenvalue weighted by atomic mass is 35.5. The van der Waals surface area contributed by atoms with E-state index in [0.717, 1.165) is 0 Å². The third-order valence-corrected chi connectivity index (χ3v) is 5.23. The van der Waals surface area contributed by atoms with E-state index in [1.54, 1.807) is 41.8 Å². The fraction of sp³-hybridized carbons (Fsp3) is 0.150. The second kappa shape index (κ2) is 8.60. The van der Waals surface area contributed by atoms with Crippen molar-refractivity contribution in [2.75, 3.05) is 24.5 Å². The Labute approximate surface area is 180 Å². The van der Waals surface area contributed by atoms with Crippen LogP contribution in [-0.4, -0.2) is 30.7 Å². The molecule has 0 atom stereocenters. The summed E-state index contributed by atoms with van der Waals surface area (Å²) in [5.74, 6) is 1.01. The van der Waals surface area contributed by atoms with Gasteiger partial charge in [-0.15, -0.1) is 11.3 Å². The van der Waals surface area contributed by atoms with Gasteiger partial charge in [-0.05, 0) is 36.4 Å². The van der Waals surface area contributed by atoms with Gasteiger partial charge in [0.2, 0.25) is 12.7 Å². The smallest absolute Gasteiger partial charge is 0.257 e. The fourth-order valence-corrected chi connectivity index (χ4v) is 3.67. The van der Waals surface area contributed by atoms with Crippen LogP contribution in [0, 0.1) is 0 Å². The maximum atomic E-state index is 12.4. The molecule has 2 amide bonds. The van der Waals surface area contributed by atoms with Gasteiger partial charge >= 0.3 is 0 Å². The minimum Gasteiger partial charge on any atom is -0.495 e. The van der Waals surface area contributed by atoms with Crippen molar-refractivity contribution in [2.45, 2.75) is 6.42 Å². The van der Waals surface area contributed by atoms with Crippen LogP contribution in [0.25, 0.3) is 0 Å². The molecule has 0 radical (unpaired) electrons. The minimum absolute atomic E-state index is 0.0338. The Morgan fingerprint density at radius 3 is 2.83 bits per heavy atom. The molecule has 0 fully saturated rings. The summed E-state index contributed by atoms with van der Waals surface area (Å²) < 4.78 is 15.7. The number of ether oxygens (including phenoxy) is 3. The predicted octanol–water partition coefficient (Wildman–Crippen LogP) is 3.97. The van der Waals surface area contributed by atoms with Gasteiger partial charge in [0, 0.05) is 16.0 Å². The van der Waals surface area contributed by atoms with Gasteiger partial charge in [-0.25, -0.2) is 4.98 Å². The molecule has 2 heterocycles. The zero-order valence-electron chi connectivity index (χ0n) is 15.7. The van der Waals surface area contributed by atoms with Crippen LogP contribution in [0.1, 0.15) is 16.1 Å². The Morgan fingerprint density at radius 2 is 2.00 bits per heavy atom. The van der Waals surface area contributed by atoms with Gasteiger partial charge in [0.05, 0.1) is 24.9 Å². The molecule has 30 heavy (non-hydrogen) atoms. The first-order chi connectivity index (χ1) is 14.5. The van der Waals surface area contributed by atoms with Gasteiger partial charge in [-0.2, -0.15) is 0 Å². The lowest BCUT2D eigenvalue weighted by atomic mass is 10.2. The summed E-state index contributed by atoms with van der Waals surface area (Å²) in [6.07, 6.45) is 0.0338. The molecule has 0 unspecified atom stereocenters. The number of nitrogens with zero attached hydrogens (tertiary/aromatic N) is 1. The Balaban J connectivity index is 1.38. The van der Waals surface area contributed by atoms with Crippen LogP contribution in [0.2, 0.25) is 5.02 Å². The molecule has 3 aromatic rings. The SMILES string of the molecule is COc1ccc(Cl)cc1NC(=O)Cc1csc(NC(=O)c2ccc3c(c2)OCO3)n1. The van der Waals surface area contributed by atoms with E-state index < -0.39 is 0 Å². The van der Waals surface area contributed by atoms with Crippen LogP contribution in [-0.2, 0) is 11.2 Å². The van der Waals surface area contributed by atoms with E-state index in [1.165, 1.54) is 18.4 Å². The lowest BCUT2D eigenvalue weighted by molar-refractivity contribution is -0.115.